The summed E-state index contributed by atoms with van der Waals surface area (Å²) in [5, 5.41) is 17.7. The molecule has 1 amide bonds. The molecule has 1 aliphatic rings. The number of nitrogens with one attached hydrogen (secondary N) is 1. The monoisotopic (exact) mass is 377 g/mol. The third-order valence-corrected chi connectivity index (χ3v) is 4.71. The van der Waals surface area contributed by atoms with Crippen molar-refractivity contribution in [3.8, 4) is 5.75 Å². The molecule has 0 unspecified atom stereocenters. The Labute approximate surface area is 157 Å². The van der Waals surface area contributed by atoms with E-state index < -0.39 is 17.3 Å². The van der Waals surface area contributed by atoms with Gasteiger partial charge in [0.1, 0.15) is 11.6 Å². The highest BCUT2D eigenvalue weighted by atomic mass is 19.1. The number of aliphatic hydroxyl groups is 1. The highest BCUT2D eigenvalue weighted by Crippen LogP contribution is 2.26. The summed E-state index contributed by atoms with van der Waals surface area (Å²) in [6, 6.07) is 6.20. The van der Waals surface area contributed by atoms with Gasteiger partial charge in [-0.25, -0.2) is 4.39 Å². The number of carbonyl (C=O) groups excluding carboxylic acids is 1. The van der Waals surface area contributed by atoms with Crippen LogP contribution in [0.15, 0.2) is 28.8 Å². The van der Waals surface area contributed by atoms with Crippen molar-refractivity contribution in [2.45, 2.75) is 38.5 Å². The minimum Gasteiger partial charge on any atom is -0.497 e. The summed E-state index contributed by atoms with van der Waals surface area (Å²) in [4.78, 5) is 14.3. The van der Waals surface area contributed by atoms with Crippen LogP contribution in [-0.4, -0.2) is 46.9 Å². The fraction of sp³-hybridized carbons (Fsp3) is 0.474. The van der Waals surface area contributed by atoms with Gasteiger partial charge in [-0.3, -0.25) is 4.79 Å². The average molecular weight is 377 g/mol. The molecule has 1 saturated heterocycles. The van der Waals surface area contributed by atoms with Crippen molar-refractivity contribution in [2.24, 2.45) is 0 Å². The number of nitrogens with zero attached hydrogens (tertiary/aromatic N) is 2. The molecule has 0 spiro atoms. The van der Waals surface area contributed by atoms with Crippen LogP contribution in [0.3, 0.4) is 0 Å². The lowest BCUT2D eigenvalue weighted by molar-refractivity contribution is -0.157. The van der Waals surface area contributed by atoms with Gasteiger partial charge in [0.2, 0.25) is 0 Å². The number of piperidine rings is 1. The molecule has 0 aliphatic carbocycles. The smallest absolute Gasteiger partial charge is 0.256 e. The van der Waals surface area contributed by atoms with Gasteiger partial charge in [-0.2, -0.15) is 0 Å². The quantitative estimate of drug-likeness (QED) is 0.765. The number of amides is 1. The van der Waals surface area contributed by atoms with Gasteiger partial charge < -0.3 is 24.6 Å². The molecule has 2 N–H and O–H groups in total. The highest BCUT2D eigenvalue weighted by Gasteiger charge is 2.42. The van der Waals surface area contributed by atoms with Crippen LogP contribution in [0.2, 0.25) is 0 Å². The van der Waals surface area contributed by atoms with Gasteiger partial charge in [0.25, 0.3) is 5.91 Å². The SMILES string of the molecule is COc1ccc(F)c(CN2CCC[C@@](O)(CNCc3cc(C)no3)C2=O)c1. The Morgan fingerprint density at radius 2 is 2.26 bits per heavy atom. The maximum atomic E-state index is 14.1. The third kappa shape index (κ3) is 4.45. The Bertz CT molecular complexity index is 810. The fourth-order valence-electron chi connectivity index (χ4n) is 3.28. The van der Waals surface area contributed by atoms with E-state index in [0.717, 1.165) is 5.69 Å². The van der Waals surface area contributed by atoms with Crippen LogP contribution in [0.5, 0.6) is 5.75 Å². The molecule has 1 atom stereocenters. The lowest BCUT2D eigenvalue weighted by Gasteiger charge is -2.38. The zero-order chi connectivity index (χ0) is 19.4. The number of aryl methyl sites for hydroxylation is 1. The first-order valence-electron chi connectivity index (χ1n) is 8.88. The molecule has 1 aliphatic heterocycles. The fourth-order valence-corrected chi connectivity index (χ4v) is 3.28. The van der Waals surface area contributed by atoms with Crippen LogP contribution in [0, 0.1) is 12.7 Å². The zero-order valence-electron chi connectivity index (χ0n) is 15.5. The Balaban J connectivity index is 1.63. The maximum absolute atomic E-state index is 14.1. The van der Waals surface area contributed by atoms with Gasteiger partial charge in [0.05, 0.1) is 19.3 Å². The molecule has 27 heavy (non-hydrogen) atoms. The molecule has 2 heterocycles. The van der Waals surface area contributed by atoms with E-state index in [2.05, 4.69) is 10.5 Å². The van der Waals surface area contributed by atoms with E-state index in [1.807, 2.05) is 6.92 Å². The number of rotatable bonds is 7. The number of hydrogen-bond donors (Lipinski definition) is 2. The van der Waals surface area contributed by atoms with Crippen molar-refractivity contribution < 1.29 is 23.6 Å². The number of halogens is 1. The first-order valence-corrected chi connectivity index (χ1v) is 8.88. The lowest BCUT2D eigenvalue weighted by Crippen LogP contribution is -2.57. The van der Waals surface area contributed by atoms with Crippen LogP contribution >= 0.6 is 0 Å². The number of likely N-dealkylation sites (tertiary alicyclic amines) is 1. The van der Waals surface area contributed by atoms with Gasteiger partial charge in [-0.1, -0.05) is 5.16 Å². The number of carbonyl (C=O) groups is 1. The van der Waals surface area contributed by atoms with Gasteiger partial charge in [0.15, 0.2) is 11.4 Å². The second kappa shape index (κ2) is 8.06. The molecule has 8 heteroatoms. The summed E-state index contributed by atoms with van der Waals surface area (Å²) < 4.78 is 24.3. The number of hydrogen-bond acceptors (Lipinski definition) is 6. The van der Waals surface area contributed by atoms with E-state index in [4.69, 9.17) is 9.26 Å². The molecule has 7 nitrogen and oxygen atoms in total. The molecule has 1 aromatic heterocycles. The summed E-state index contributed by atoms with van der Waals surface area (Å²) in [6.45, 7) is 2.83. The molecule has 0 radical (unpaired) electrons. The summed E-state index contributed by atoms with van der Waals surface area (Å²) in [6.07, 6.45) is 0.988. The Hall–Kier alpha value is -2.45. The van der Waals surface area contributed by atoms with E-state index in [0.29, 0.717) is 43.0 Å². The van der Waals surface area contributed by atoms with E-state index in [-0.39, 0.29) is 13.1 Å². The Morgan fingerprint density at radius 3 is 2.96 bits per heavy atom. The van der Waals surface area contributed by atoms with E-state index in [1.165, 1.54) is 24.1 Å². The molecule has 3 rings (SSSR count). The van der Waals surface area contributed by atoms with Crippen molar-refractivity contribution in [3.05, 3.63) is 47.1 Å². The molecule has 1 aromatic carbocycles. The van der Waals surface area contributed by atoms with Crippen molar-refractivity contribution >= 4 is 5.91 Å². The Kier molecular flexibility index (Phi) is 5.76. The molecule has 0 saturated carbocycles. The highest BCUT2D eigenvalue weighted by molar-refractivity contribution is 5.86. The van der Waals surface area contributed by atoms with Crippen LogP contribution in [0.25, 0.3) is 0 Å². The number of aromatic nitrogens is 1. The maximum Gasteiger partial charge on any atom is 0.256 e. The first kappa shape index (κ1) is 19.3. The summed E-state index contributed by atoms with van der Waals surface area (Å²) >= 11 is 0. The average Bonchev–Trinajstić information content (AvgIpc) is 3.06. The molecular weight excluding hydrogens is 353 g/mol. The number of ether oxygens (including phenoxy) is 1. The summed E-state index contributed by atoms with van der Waals surface area (Å²) in [7, 11) is 1.50. The lowest BCUT2D eigenvalue weighted by atomic mass is 9.91. The van der Waals surface area contributed by atoms with Gasteiger partial charge >= 0.3 is 0 Å². The molecule has 2 aromatic rings. The largest absolute Gasteiger partial charge is 0.497 e. The van der Waals surface area contributed by atoms with Crippen LogP contribution in [-0.2, 0) is 17.9 Å². The van der Waals surface area contributed by atoms with E-state index >= 15 is 0 Å². The number of benzene rings is 1. The second-order valence-electron chi connectivity index (χ2n) is 6.86. The van der Waals surface area contributed by atoms with E-state index in [9.17, 15) is 14.3 Å². The standard InChI is InChI=1S/C19H24FN3O4/c1-13-8-16(27-22-13)10-21-12-19(25)6-3-7-23(18(19)24)11-14-9-15(26-2)4-5-17(14)20/h4-5,8-9,21,25H,3,6-7,10-12H2,1-2H3/t19-/m1/s1. The number of methoxy groups -OCH3 is 1. The Morgan fingerprint density at radius 1 is 1.44 bits per heavy atom. The molecule has 146 valence electrons. The normalized spacial score (nSPS) is 20.1. The predicted octanol–water partition coefficient (Wildman–Crippen LogP) is 1.77. The molecular formula is C19H24FN3O4. The predicted molar refractivity (Wildman–Crippen MR) is 95.5 cm³/mol. The van der Waals surface area contributed by atoms with Crippen molar-refractivity contribution in [1.82, 2.24) is 15.4 Å². The van der Waals surface area contributed by atoms with Crippen molar-refractivity contribution in [1.29, 1.82) is 0 Å². The van der Waals surface area contributed by atoms with E-state index in [1.54, 1.807) is 12.1 Å². The van der Waals surface area contributed by atoms with Crippen LogP contribution < -0.4 is 10.1 Å². The minimum absolute atomic E-state index is 0.0860. The topological polar surface area (TPSA) is 87.8 Å². The first-order chi connectivity index (χ1) is 12.9. The van der Waals surface area contributed by atoms with Gasteiger partial charge in [0, 0.05) is 31.3 Å². The molecule has 1 fully saturated rings. The minimum atomic E-state index is -1.53. The van der Waals surface area contributed by atoms with Gasteiger partial charge in [-0.05, 0) is 38.0 Å². The zero-order valence-corrected chi connectivity index (χ0v) is 15.5. The second-order valence-corrected chi connectivity index (χ2v) is 6.86. The summed E-state index contributed by atoms with van der Waals surface area (Å²) in [5.74, 6) is 0.346. The van der Waals surface area contributed by atoms with Crippen LogP contribution in [0.1, 0.15) is 29.9 Å². The molecule has 0 bridgehead atoms. The van der Waals surface area contributed by atoms with Crippen molar-refractivity contribution in [3.63, 3.8) is 0 Å². The third-order valence-electron chi connectivity index (χ3n) is 4.71. The van der Waals surface area contributed by atoms with Gasteiger partial charge in [-0.15, -0.1) is 0 Å². The van der Waals surface area contributed by atoms with Crippen LogP contribution in [0.4, 0.5) is 4.39 Å². The van der Waals surface area contributed by atoms with Crippen molar-refractivity contribution in [2.75, 3.05) is 20.2 Å². The summed E-state index contributed by atoms with van der Waals surface area (Å²) in [5.41, 5.74) is -0.398.